The summed E-state index contributed by atoms with van der Waals surface area (Å²) in [5.74, 6) is -0.819. The van der Waals surface area contributed by atoms with Gasteiger partial charge in [-0.1, -0.05) is 6.42 Å². The number of hydrogen-bond acceptors (Lipinski definition) is 3. The number of β-amino-alcohol motifs (C(OH)–C–C–N with tert-alkyl or cyclic N) is 1. The summed E-state index contributed by atoms with van der Waals surface area (Å²) in [7, 11) is 0. The van der Waals surface area contributed by atoms with E-state index in [-0.39, 0.29) is 12.0 Å². The molecular formula is C11H19NO3. The lowest BCUT2D eigenvalue weighted by molar-refractivity contribution is -0.143. The summed E-state index contributed by atoms with van der Waals surface area (Å²) in [5, 5.41) is 18.4. The van der Waals surface area contributed by atoms with Gasteiger partial charge in [0.15, 0.2) is 0 Å². The van der Waals surface area contributed by atoms with Gasteiger partial charge in [-0.15, -0.1) is 0 Å². The number of rotatable bonds is 2. The SMILES string of the molecule is O=C(O)C1CCCC(N2CCC(O)C2)C1. The second-order valence-electron chi connectivity index (χ2n) is 4.79. The Morgan fingerprint density at radius 1 is 1.27 bits per heavy atom. The Balaban J connectivity index is 1.90. The van der Waals surface area contributed by atoms with E-state index in [9.17, 15) is 9.90 Å². The number of likely N-dealkylation sites (tertiary alicyclic amines) is 1. The fraction of sp³-hybridized carbons (Fsp3) is 0.909. The van der Waals surface area contributed by atoms with Crippen molar-refractivity contribution in [3.8, 4) is 0 Å². The molecule has 15 heavy (non-hydrogen) atoms. The van der Waals surface area contributed by atoms with E-state index in [1.54, 1.807) is 0 Å². The van der Waals surface area contributed by atoms with E-state index in [1.807, 2.05) is 0 Å². The van der Waals surface area contributed by atoms with Crippen LogP contribution in [-0.2, 0) is 4.79 Å². The van der Waals surface area contributed by atoms with Crippen LogP contribution in [0, 0.1) is 5.92 Å². The molecule has 1 saturated heterocycles. The summed E-state index contributed by atoms with van der Waals surface area (Å²) in [4.78, 5) is 13.2. The summed E-state index contributed by atoms with van der Waals surface area (Å²) < 4.78 is 0. The zero-order valence-corrected chi connectivity index (χ0v) is 8.93. The molecule has 1 aliphatic heterocycles. The summed E-state index contributed by atoms with van der Waals surface area (Å²) >= 11 is 0. The fourth-order valence-corrected chi connectivity index (χ4v) is 2.82. The smallest absolute Gasteiger partial charge is 0.306 e. The van der Waals surface area contributed by atoms with Gasteiger partial charge in [-0.05, 0) is 25.7 Å². The van der Waals surface area contributed by atoms with Crippen molar-refractivity contribution in [2.45, 2.75) is 44.2 Å². The molecule has 86 valence electrons. The molecule has 0 aromatic heterocycles. The van der Waals surface area contributed by atoms with Crippen LogP contribution in [0.25, 0.3) is 0 Å². The molecule has 3 unspecified atom stereocenters. The van der Waals surface area contributed by atoms with Crippen LogP contribution in [0.5, 0.6) is 0 Å². The average Bonchev–Trinajstić information content (AvgIpc) is 2.65. The molecule has 1 saturated carbocycles. The maximum absolute atomic E-state index is 10.9. The molecule has 0 bridgehead atoms. The summed E-state index contributed by atoms with van der Waals surface area (Å²) in [6.45, 7) is 1.66. The van der Waals surface area contributed by atoms with Crippen molar-refractivity contribution >= 4 is 5.97 Å². The molecule has 4 nitrogen and oxygen atoms in total. The highest BCUT2D eigenvalue weighted by molar-refractivity contribution is 5.70. The van der Waals surface area contributed by atoms with E-state index >= 15 is 0 Å². The van der Waals surface area contributed by atoms with E-state index in [1.165, 1.54) is 0 Å². The van der Waals surface area contributed by atoms with Gasteiger partial charge in [0, 0.05) is 19.1 Å². The molecular weight excluding hydrogens is 194 g/mol. The number of carboxylic acid groups (broad SMARTS) is 1. The van der Waals surface area contributed by atoms with Gasteiger partial charge in [0.1, 0.15) is 0 Å². The molecule has 0 amide bonds. The molecule has 0 aromatic rings. The first-order chi connectivity index (χ1) is 7.16. The molecule has 2 aliphatic rings. The van der Waals surface area contributed by atoms with Crippen LogP contribution < -0.4 is 0 Å². The number of aliphatic hydroxyl groups excluding tert-OH is 1. The normalized spacial score (nSPS) is 38.1. The topological polar surface area (TPSA) is 60.8 Å². The zero-order valence-electron chi connectivity index (χ0n) is 8.93. The van der Waals surface area contributed by atoms with Crippen LogP contribution in [0.1, 0.15) is 32.1 Å². The Kier molecular flexibility index (Phi) is 3.26. The second kappa shape index (κ2) is 4.49. The van der Waals surface area contributed by atoms with Crippen molar-refractivity contribution in [2.75, 3.05) is 13.1 Å². The molecule has 2 N–H and O–H groups in total. The van der Waals surface area contributed by atoms with Gasteiger partial charge in [0.25, 0.3) is 0 Å². The predicted octanol–water partition coefficient (Wildman–Crippen LogP) is 0.696. The lowest BCUT2D eigenvalue weighted by Crippen LogP contribution is -2.39. The van der Waals surface area contributed by atoms with Crippen molar-refractivity contribution in [3.63, 3.8) is 0 Å². The van der Waals surface area contributed by atoms with Crippen LogP contribution in [0.2, 0.25) is 0 Å². The first-order valence-electron chi connectivity index (χ1n) is 5.81. The summed E-state index contributed by atoms with van der Waals surface area (Å²) in [5.41, 5.74) is 0. The van der Waals surface area contributed by atoms with Crippen molar-refractivity contribution in [1.29, 1.82) is 0 Å². The van der Waals surface area contributed by atoms with Gasteiger partial charge in [-0.2, -0.15) is 0 Å². The minimum absolute atomic E-state index is 0.165. The third-order valence-corrected chi connectivity index (χ3v) is 3.71. The van der Waals surface area contributed by atoms with Gasteiger partial charge < -0.3 is 10.2 Å². The van der Waals surface area contributed by atoms with E-state index in [0.29, 0.717) is 6.04 Å². The van der Waals surface area contributed by atoms with Crippen molar-refractivity contribution in [3.05, 3.63) is 0 Å². The molecule has 1 heterocycles. The molecule has 3 atom stereocenters. The van der Waals surface area contributed by atoms with Gasteiger partial charge in [-0.3, -0.25) is 9.69 Å². The van der Waals surface area contributed by atoms with Crippen LogP contribution in [0.3, 0.4) is 0 Å². The number of carboxylic acids is 1. The molecule has 2 fully saturated rings. The molecule has 0 radical (unpaired) electrons. The Hall–Kier alpha value is -0.610. The Labute approximate surface area is 89.9 Å². The maximum Gasteiger partial charge on any atom is 0.306 e. The maximum atomic E-state index is 10.9. The first-order valence-corrected chi connectivity index (χ1v) is 5.81. The second-order valence-corrected chi connectivity index (χ2v) is 4.79. The van der Waals surface area contributed by atoms with Crippen LogP contribution in [-0.4, -0.2) is 46.3 Å². The molecule has 0 spiro atoms. The average molecular weight is 213 g/mol. The lowest BCUT2D eigenvalue weighted by atomic mass is 9.85. The van der Waals surface area contributed by atoms with E-state index < -0.39 is 5.97 Å². The monoisotopic (exact) mass is 213 g/mol. The minimum Gasteiger partial charge on any atom is -0.481 e. The quantitative estimate of drug-likeness (QED) is 0.708. The zero-order chi connectivity index (χ0) is 10.8. The number of aliphatic hydroxyl groups is 1. The van der Waals surface area contributed by atoms with Gasteiger partial charge in [-0.25, -0.2) is 0 Å². The number of carbonyl (C=O) groups is 1. The van der Waals surface area contributed by atoms with Gasteiger partial charge in [0.05, 0.1) is 12.0 Å². The fourth-order valence-electron chi connectivity index (χ4n) is 2.82. The third kappa shape index (κ3) is 2.49. The van der Waals surface area contributed by atoms with Gasteiger partial charge >= 0.3 is 5.97 Å². The predicted molar refractivity (Wildman–Crippen MR) is 55.6 cm³/mol. The first kappa shape index (κ1) is 10.9. The van der Waals surface area contributed by atoms with E-state index in [4.69, 9.17) is 5.11 Å². The van der Waals surface area contributed by atoms with Crippen molar-refractivity contribution in [2.24, 2.45) is 5.92 Å². The minimum atomic E-state index is -0.653. The Bertz CT molecular complexity index is 244. The highest BCUT2D eigenvalue weighted by Crippen LogP contribution is 2.29. The van der Waals surface area contributed by atoms with E-state index in [0.717, 1.165) is 45.2 Å². The molecule has 1 aliphatic carbocycles. The molecule has 2 rings (SSSR count). The Morgan fingerprint density at radius 3 is 2.67 bits per heavy atom. The lowest BCUT2D eigenvalue weighted by Gasteiger charge is -2.33. The van der Waals surface area contributed by atoms with Crippen LogP contribution in [0.4, 0.5) is 0 Å². The number of aliphatic carboxylic acids is 1. The third-order valence-electron chi connectivity index (χ3n) is 3.71. The highest BCUT2D eigenvalue weighted by Gasteiger charge is 2.33. The summed E-state index contributed by atoms with van der Waals surface area (Å²) in [6.07, 6.45) is 4.33. The standard InChI is InChI=1S/C11H19NO3/c13-10-4-5-12(7-10)9-3-1-2-8(6-9)11(14)15/h8-10,13H,1-7H2,(H,14,15). The Morgan fingerprint density at radius 2 is 2.07 bits per heavy atom. The van der Waals surface area contributed by atoms with E-state index in [2.05, 4.69) is 4.90 Å². The van der Waals surface area contributed by atoms with Gasteiger partial charge in [0.2, 0.25) is 0 Å². The van der Waals surface area contributed by atoms with Crippen molar-refractivity contribution in [1.82, 2.24) is 4.90 Å². The number of hydrogen-bond donors (Lipinski definition) is 2. The summed E-state index contributed by atoms with van der Waals surface area (Å²) in [6, 6.07) is 0.386. The number of nitrogens with zero attached hydrogens (tertiary/aromatic N) is 1. The largest absolute Gasteiger partial charge is 0.481 e. The van der Waals surface area contributed by atoms with Crippen LogP contribution in [0.15, 0.2) is 0 Å². The van der Waals surface area contributed by atoms with Crippen molar-refractivity contribution < 1.29 is 15.0 Å². The molecule has 0 aromatic carbocycles. The van der Waals surface area contributed by atoms with Crippen LogP contribution >= 0.6 is 0 Å². The molecule has 4 heteroatoms. The highest BCUT2D eigenvalue weighted by atomic mass is 16.4.